The van der Waals surface area contributed by atoms with Crippen LogP contribution in [0.1, 0.15) is 39.2 Å². The molecule has 0 aromatic heterocycles. The van der Waals surface area contributed by atoms with Gasteiger partial charge in [0.15, 0.2) is 0 Å². The van der Waals surface area contributed by atoms with Gasteiger partial charge in [-0.05, 0) is 24.8 Å². The lowest BCUT2D eigenvalue weighted by molar-refractivity contribution is -0.142. The second-order valence-electron chi connectivity index (χ2n) is 8.21. The molecule has 4 unspecified atom stereocenters. The summed E-state index contributed by atoms with van der Waals surface area (Å²) in [6.07, 6.45) is -0.302. The second-order valence-corrected chi connectivity index (χ2v) is 8.21. The number of carboxylic acids is 2. The number of hydrogen-bond acceptors (Lipinski definition) is 6. The molecule has 0 saturated carbocycles. The van der Waals surface area contributed by atoms with E-state index in [1.54, 1.807) is 30.3 Å². The molecule has 0 bridgehead atoms. The van der Waals surface area contributed by atoms with Crippen LogP contribution < -0.4 is 21.7 Å². The van der Waals surface area contributed by atoms with Crippen LogP contribution in [-0.4, -0.2) is 64.0 Å². The Kier molecular flexibility index (Phi) is 11.0. The van der Waals surface area contributed by atoms with Crippen LogP contribution in [0.4, 0.5) is 0 Å². The third-order valence-electron chi connectivity index (χ3n) is 4.72. The van der Waals surface area contributed by atoms with Gasteiger partial charge in [-0.1, -0.05) is 44.2 Å². The lowest BCUT2D eigenvalue weighted by Crippen LogP contribution is -2.57. The minimum atomic E-state index is -1.33. The molecule has 182 valence electrons. The van der Waals surface area contributed by atoms with Gasteiger partial charge in [0.25, 0.3) is 0 Å². The lowest BCUT2D eigenvalue weighted by atomic mass is 10.0. The van der Waals surface area contributed by atoms with Gasteiger partial charge >= 0.3 is 11.9 Å². The Morgan fingerprint density at radius 2 is 1.42 bits per heavy atom. The van der Waals surface area contributed by atoms with E-state index in [0.717, 1.165) is 5.56 Å². The number of nitrogens with one attached hydrogen (secondary N) is 3. The summed E-state index contributed by atoms with van der Waals surface area (Å²) in [4.78, 5) is 59.7. The molecule has 3 amide bonds. The molecule has 1 aromatic carbocycles. The SMILES string of the molecule is CC(C)CC(NC(=O)C(C)NC(=O)C(N)CC(=O)O)C(=O)NC(Cc1ccccc1)C(=O)O. The standard InChI is InChI=1S/C22H32N4O7/c1-12(2)9-16(25-19(29)13(3)24-20(30)15(23)11-18(27)28)21(31)26-17(22(32)33)10-14-7-5-4-6-8-14/h4-8,12-13,15-17H,9-11,23H2,1-3H3,(H,24,30)(H,25,29)(H,26,31)(H,27,28)(H,32,33). The molecule has 0 heterocycles. The summed E-state index contributed by atoms with van der Waals surface area (Å²) in [5, 5.41) is 25.5. The number of carbonyl (C=O) groups excluding carboxylic acids is 3. The van der Waals surface area contributed by atoms with Gasteiger partial charge in [-0.15, -0.1) is 0 Å². The van der Waals surface area contributed by atoms with Gasteiger partial charge in [-0.2, -0.15) is 0 Å². The summed E-state index contributed by atoms with van der Waals surface area (Å²) in [7, 11) is 0. The molecular weight excluding hydrogens is 432 g/mol. The number of benzene rings is 1. The molecule has 0 fully saturated rings. The lowest BCUT2D eigenvalue weighted by Gasteiger charge is -2.24. The monoisotopic (exact) mass is 464 g/mol. The minimum Gasteiger partial charge on any atom is -0.481 e. The van der Waals surface area contributed by atoms with Crippen molar-refractivity contribution in [1.82, 2.24) is 16.0 Å². The van der Waals surface area contributed by atoms with E-state index < -0.39 is 60.2 Å². The number of amides is 3. The fourth-order valence-electron chi connectivity index (χ4n) is 2.99. The van der Waals surface area contributed by atoms with E-state index in [4.69, 9.17) is 10.8 Å². The van der Waals surface area contributed by atoms with Crippen molar-refractivity contribution in [2.24, 2.45) is 11.7 Å². The Bertz CT molecular complexity index is 844. The Balaban J connectivity index is 2.83. The van der Waals surface area contributed by atoms with Crippen molar-refractivity contribution in [3.05, 3.63) is 35.9 Å². The fraction of sp³-hybridized carbons (Fsp3) is 0.500. The number of hydrogen-bond donors (Lipinski definition) is 6. The molecule has 4 atom stereocenters. The number of carbonyl (C=O) groups is 5. The highest BCUT2D eigenvalue weighted by atomic mass is 16.4. The maximum absolute atomic E-state index is 12.8. The molecule has 11 nitrogen and oxygen atoms in total. The van der Waals surface area contributed by atoms with Crippen LogP contribution in [0.3, 0.4) is 0 Å². The first-order chi connectivity index (χ1) is 15.4. The van der Waals surface area contributed by atoms with Gasteiger partial charge in [0.1, 0.15) is 18.1 Å². The molecule has 0 spiro atoms. The summed E-state index contributed by atoms with van der Waals surface area (Å²) < 4.78 is 0. The van der Waals surface area contributed by atoms with Gasteiger partial charge in [0.2, 0.25) is 17.7 Å². The van der Waals surface area contributed by atoms with Crippen LogP contribution in [0.5, 0.6) is 0 Å². The largest absolute Gasteiger partial charge is 0.481 e. The smallest absolute Gasteiger partial charge is 0.326 e. The Morgan fingerprint density at radius 3 is 1.94 bits per heavy atom. The maximum Gasteiger partial charge on any atom is 0.326 e. The first-order valence-corrected chi connectivity index (χ1v) is 10.6. The maximum atomic E-state index is 12.8. The highest BCUT2D eigenvalue weighted by Gasteiger charge is 2.29. The zero-order valence-corrected chi connectivity index (χ0v) is 18.9. The number of carboxylic acid groups (broad SMARTS) is 2. The van der Waals surface area contributed by atoms with Crippen LogP contribution >= 0.6 is 0 Å². The Hall–Kier alpha value is -3.47. The fourth-order valence-corrected chi connectivity index (χ4v) is 2.99. The summed E-state index contributed by atoms with van der Waals surface area (Å²) in [6.45, 7) is 5.03. The van der Waals surface area contributed by atoms with Gasteiger partial charge in [-0.3, -0.25) is 19.2 Å². The highest BCUT2D eigenvalue weighted by Crippen LogP contribution is 2.08. The van der Waals surface area contributed by atoms with Gasteiger partial charge < -0.3 is 31.9 Å². The topological polar surface area (TPSA) is 188 Å². The summed E-state index contributed by atoms with van der Waals surface area (Å²) in [6, 6.07) is 4.14. The normalized spacial score (nSPS) is 14.5. The van der Waals surface area contributed by atoms with Crippen molar-refractivity contribution in [3.63, 3.8) is 0 Å². The number of rotatable bonds is 13. The van der Waals surface area contributed by atoms with Crippen LogP contribution in [0, 0.1) is 5.92 Å². The quantitative estimate of drug-likeness (QED) is 0.228. The van der Waals surface area contributed by atoms with Crippen molar-refractivity contribution in [3.8, 4) is 0 Å². The molecule has 1 rings (SSSR count). The predicted octanol–water partition coefficient (Wildman–Crippen LogP) is -0.364. The van der Waals surface area contributed by atoms with Crippen molar-refractivity contribution in [2.75, 3.05) is 0 Å². The van der Waals surface area contributed by atoms with Crippen LogP contribution in [-0.2, 0) is 30.4 Å². The average molecular weight is 465 g/mol. The van der Waals surface area contributed by atoms with Crippen LogP contribution in [0.25, 0.3) is 0 Å². The molecule has 0 aliphatic carbocycles. The van der Waals surface area contributed by atoms with E-state index in [9.17, 15) is 29.1 Å². The van der Waals surface area contributed by atoms with E-state index in [2.05, 4.69) is 16.0 Å². The third kappa shape index (κ3) is 10.1. The molecule has 7 N–H and O–H groups in total. The first kappa shape index (κ1) is 27.6. The van der Waals surface area contributed by atoms with E-state index in [0.29, 0.717) is 0 Å². The molecule has 0 aliphatic rings. The zero-order valence-electron chi connectivity index (χ0n) is 18.9. The molecule has 0 saturated heterocycles. The Morgan fingerprint density at radius 1 is 0.848 bits per heavy atom. The average Bonchev–Trinajstić information content (AvgIpc) is 2.72. The predicted molar refractivity (Wildman–Crippen MR) is 119 cm³/mol. The molecule has 11 heteroatoms. The van der Waals surface area contributed by atoms with Gasteiger partial charge in [0.05, 0.1) is 12.5 Å². The van der Waals surface area contributed by atoms with Gasteiger partial charge in [0, 0.05) is 6.42 Å². The molecule has 0 radical (unpaired) electrons. The number of aliphatic carboxylic acids is 2. The van der Waals surface area contributed by atoms with Crippen molar-refractivity contribution >= 4 is 29.7 Å². The van der Waals surface area contributed by atoms with Crippen molar-refractivity contribution in [1.29, 1.82) is 0 Å². The summed E-state index contributed by atoms with van der Waals surface area (Å²) >= 11 is 0. The first-order valence-electron chi connectivity index (χ1n) is 10.6. The van der Waals surface area contributed by atoms with Crippen LogP contribution in [0.15, 0.2) is 30.3 Å². The zero-order chi connectivity index (χ0) is 25.1. The summed E-state index contributed by atoms with van der Waals surface area (Å²) in [5.74, 6) is -4.66. The minimum absolute atomic E-state index is 0.00709. The van der Waals surface area contributed by atoms with E-state index in [1.807, 2.05) is 13.8 Å². The van der Waals surface area contributed by atoms with E-state index in [-0.39, 0.29) is 18.8 Å². The highest BCUT2D eigenvalue weighted by molar-refractivity contribution is 5.94. The third-order valence-corrected chi connectivity index (χ3v) is 4.72. The van der Waals surface area contributed by atoms with Crippen molar-refractivity contribution < 1.29 is 34.2 Å². The number of nitrogens with two attached hydrogens (primary N) is 1. The van der Waals surface area contributed by atoms with Crippen LogP contribution in [0.2, 0.25) is 0 Å². The Labute approximate surface area is 192 Å². The second kappa shape index (κ2) is 13.2. The van der Waals surface area contributed by atoms with Gasteiger partial charge in [-0.25, -0.2) is 4.79 Å². The van der Waals surface area contributed by atoms with E-state index >= 15 is 0 Å². The van der Waals surface area contributed by atoms with E-state index in [1.165, 1.54) is 6.92 Å². The summed E-state index contributed by atoms with van der Waals surface area (Å²) in [5.41, 5.74) is 6.21. The molecule has 0 aliphatic heterocycles. The molecule has 33 heavy (non-hydrogen) atoms. The van der Waals surface area contributed by atoms with Crippen molar-refractivity contribution in [2.45, 2.75) is 64.2 Å². The molecule has 1 aromatic rings. The molecular formula is C22H32N4O7.